The first-order valence-electron chi connectivity index (χ1n) is 10.1. The van der Waals surface area contributed by atoms with Gasteiger partial charge < -0.3 is 15.2 Å². The molecule has 1 aliphatic rings. The van der Waals surface area contributed by atoms with Gasteiger partial charge in [0.25, 0.3) is 0 Å². The molecule has 0 aliphatic heterocycles. The minimum absolute atomic E-state index is 0.516. The zero-order valence-electron chi connectivity index (χ0n) is 16.7. The fourth-order valence-corrected chi connectivity index (χ4v) is 4.27. The molecule has 2 aromatic heterocycles. The molecule has 0 unspecified atom stereocenters. The number of guanidine groups is 1. The van der Waals surface area contributed by atoms with E-state index in [1.165, 1.54) is 37.0 Å². The first-order chi connectivity index (χ1) is 13.2. The van der Waals surface area contributed by atoms with Gasteiger partial charge in [-0.1, -0.05) is 19.4 Å². The first kappa shape index (κ1) is 19.9. The lowest BCUT2D eigenvalue weighted by atomic mass is 9.84. The van der Waals surface area contributed by atoms with E-state index in [0.29, 0.717) is 12.6 Å². The molecule has 148 valence electrons. The van der Waals surface area contributed by atoms with Crippen LogP contribution in [-0.2, 0) is 20.0 Å². The highest BCUT2D eigenvalue weighted by Gasteiger charge is 2.20. The van der Waals surface area contributed by atoms with E-state index >= 15 is 0 Å². The molecular weight excluding hydrogens is 356 g/mol. The second kappa shape index (κ2) is 9.88. The maximum Gasteiger partial charge on any atom is 0.191 e. The van der Waals surface area contributed by atoms with Gasteiger partial charge in [-0.15, -0.1) is 21.5 Å². The Kier molecular flexibility index (Phi) is 7.26. The molecule has 1 saturated carbocycles. The maximum absolute atomic E-state index is 4.79. The summed E-state index contributed by atoms with van der Waals surface area (Å²) in [7, 11) is 1.99. The van der Waals surface area contributed by atoms with Crippen LogP contribution in [0.5, 0.6) is 0 Å². The molecule has 0 radical (unpaired) electrons. The van der Waals surface area contributed by atoms with Crippen molar-refractivity contribution in [1.82, 2.24) is 25.4 Å². The van der Waals surface area contributed by atoms with Gasteiger partial charge in [-0.25, -0.2) is 4.99 Å². The molecule has 0 atom stereocenters. The van der Waals surface area contributed by atoms with Crippen LogP contribution in [0.25, 0.3) is 0 Å². The van der Waals surface area contributed by atoms with Crippen LogP contribution >= 0.6 is 11.3 Å². The third-order valence-electron chi connectivity index (χ3n) is 5.57. The van der Waals surface area contributed by atoms with Gasteiger partial charge in [-0.2, -0.15) is 0 Å². The topological polar surface area (TPSA) is 67.1 Å². The molecule has 6 nitrogen and oxygen atoms in total. The second-order valence-electron chi connectivity index (χ2n) is 7.41. The largest absolute Gasteiger partial charge is 0.356 e. The summed E-state index contributed by atoms with van der Waals surface area (Å²) in [5.74, 6) is 3.60. The zero-order chi connectivity index (χ0) is 19.1. The highest BCUT2D eigenvalue weighted by Crippen LogP contribution is 2.26. The van der Waals surface area contributed by atoms with E-state index in [1.54, 1.807) is 11.3 Å². The Morgan fingerprint density at radius 1 is 1.30 bits per heavy atom. The van der Waals surface area contributed by atoms with Crippen molar-refractivity contribution >= 4 is 17.3 Å². The summed E-state index contributed by atoms with van der Waals surface area (Å²) in [6.07, 6.45) is 7.42. The summed E-state index contributed by atoms with van der Waals surface area (Å²) in [4.78, 5) is 6.19. The molecule has 2 heterocycles. The molecule has 0 amide bonds. The minimum Gasteiger partial charge on any atom is -0.356 e. The van der Waals surface area contributed by atoms with Gasteiger partial charge in [-0.05, 0) is 56.4 Å². The highest BCUT2D eigenvalue weighted by atomic mass is 32.1. The number of hydrogen-bond donors (Lipinski definition) is 2. The van der Waals surface area contributed by atoms with Crippen molar-refractivity contribution in [1.29, 1.82) is 0 Å². The molecule has 7 heteroatoms. The fourth-order valence-electron chi connectivity index (χ4n) is 3.56. The Morgan fingerprint density at radius 2 is 2.11 bits per heavy atom. The standard InChI is InChI=1S/C20H32N6S/c1-4-16-7-9-17(10-8-16)23-20(21-12-11-18-6-5-13-27-18)22-14-19-25-24-15(2)26(19)3/h5-6,13,16-17H,4,7-12,14H2,1-3H3,(H2,21,22,23). The quantitative estimate of drug-likeness (QED) is 0.563. The Bertz CT molecular complexity index is 713. The summed E-state index contributed by atoms with van der Waals surface area (Å²) in [5.41, 5.74) is 0. The van der Waals surface area contributed by atoms with Crippen LogP contribution < -0.4 is 10.6 Å². The Labute approximate surface area is 166 Å². The lowest BCUT2D eigenvalue weighted by Crippen LogP contribution is -2.45. The van der Waals surface area contributed by atoms with E-state index < -0.39 is 0 Å². The fraction of sp³-hybridized carbons (Fsp3) is 0.650. The molecule has 2 aromatic rings. The lowest BCUT2D eigenvalue weighted by Gasteiger charge is -2.29. The molecule has 3 rings (SSSR count). The molecule has 27 heavy (non-hydrogen) atoms. The van der Waals surface area contributed by atoms with Crippen molar-refractivity contribution < 1.29 is 0 Å². The zero-order valence-corrected chi connectivity index (χ0v) is 17.6. The summed E-state index contributed by atoms with van der Waals surface area (Å²) in [6.45, 7) is 5.69. The maximum atomic E-state index is 4.79. The average Bonchev–Trinajstić information content (AvgIpc) is 3.31. The van der Waals surface area contributed by atoms with Crippen LogP contribution in [0.2, 0.25) is 0 Å². The molecule has 0 spiro atoms. The van der Waals surface area contributed by atoms with Crippen molar-refractivity contribution in [3.63, 3.8) is 0 Å². The van der Waals surface area contributed by atoms with Crippen molar-refractivity contribution in [2.45, 2.75) is 65.0 Å². The number of thiophene rings is 1. The normalized spacial score (nSPS) is 20.6. The van der Waals surface area contributed by atoms with Crippen molar-refractivity contribution in [2.24, 2.45) is 18.0 Å². The SMILES string of the molecule is CCC1CCC(NC(=NCc2nnc(C)n2C)NCCc2cccs2)CC1. The third kappa shape index (κ3) is 5.79. The van der Waals surface area contributed by atoms with Crippen LogP contribution in [0.4, 0.5) is 0 Å². The van der Waals surface area contributed by atoms with Gasteiger partial charge in [0.1, 0.15) is 12.4 Å². The third-order valence-corrected chi connectivity index (χ3v) is 6.51. The number of hydrogen-bond acceptors (Lipinski definition) is 4. The van der Waals surface area contributed by atoms with Gasteiger partial charge in [0, 0.05) is 24.5 Å². The molecule has 1 fully saturated rings. The Hall–Kier alpha value is -1.89. The number of aryl methyl sites for hydroxylation is 1. The van der Waals surface area contributed by atoms with Gasteiger partial charge in [-0.3, -0.25) is 0 Å². The number of aromatic nitrogens is 3. The highest BCUT2D eigenvalue weighted by molar-refractivity contribution is 7.09. The first-order valence-corrected chi connectivity index (χ1v) is 11.0. The van der Waals surface area contributed by atoms with E-state index in [1.807, 2.05) is 18.5 Å². The van der Waals surface area contributed by atoms with Crippen LogP contribution in [-0.4, -0.2) is 33.3 Å². The van der Waals surface area contributed by atoms with E-state index in [4.69, 9.17) is 4.99 Å². The molecular formula is C20H32N6S. The molecule has 0 saturated heterocycles. The molecule has 2 N–H and O–H groups in total. The smallest absolute Gasteiger partial charge is 0.191 e. The monoisotopic (exact) mass is 388 g/mol. The van der Waals surface area contributed by atoms with Crippen molar-refractivity contribution in [2.75, 3.05) is 6.54 Å². The number of rotatable bonds is 7. The summed E-state index contributed by atoms with van der Waals surface area (Å²) in [6, 6.07) is 4.81. The predicted octanol–water partition coefficient (Wildman–Crippen LogP) is 3.43. The van der Waals surface area contributed by atoms with Crippen molar-refractivity contribution in [3.05, 3.63) is 34.0 Å². The molecule has 0 bridgehead atoms. The van der Waals surface area contributed by atoms with Crippen LogP contribution in [0, 0.1) is 12.8 Å². The summed E-state index contributed by atoms with van der Waals surface area (Å²) in [5, 5.41) is 17.7. The van der Waals surface area contributed by atoms with E-state index in [2.05, 4.69) is 45.3 Å². The summed E-state index contributed by atoms with van der Waals surface area (Å²) >= 11 is 1.81. The Balaban J connectivity index is 1.58. The minimum atomic E-state index is 0.516. The van der Waals surface area contributed by atoms with Gasteiger partial charge in [0.2, 0.25) is 0 Å². The van der Waals surface area contributed by atoms with Gasteiger partial charge >= 0.3 is 0 Å². The number of nitrogens with one attached hydrogen (secondary N) is 2. The summed E-state index contributed by atoms with van der Waals surface area (Å²) < 4.78 is 2.00. The van der Waals surface area contributed by atoms with E-state index in [9.17, 15) is 0 Å². The van der Waals surface area contributed by atoms with Crippen LogP contribution in [0.15, 0.2) is 22.5 Å². The number of aliphatic imine (C=N–C) groups is 1. The predicted molar refractivity (Wildman–Crippen MR) is 112 cm³/mol. The van der Waals surface area contributed by atoms with Gasteiger partial charge in [0.15, 0.2) is 11.8 Å². The van der Waals surface area contributed by atoms with E-state index in [-0.39, 0.29) is 0 Å². The van der Waals surface area contributed by atoms with E-state index in [0.717, 1.165) is 36.5 Å². The lowest BCUT2D eigenvalue weighted by molar-refractivity contribution is 0.304. The van der Waals surface area contributed by atoms with Crippen LogP contribution in [0.3, 0.4) is 0 Å². The number of nitrogens with zero attached hydrogens (tertiary/aromatic N) is 4. The molecule has 0 aromatic carbocycles. The molecule has 1 aliphatic carbocycles. The Morgan fingerprint density at radius 3 is 2.74 bits per heavy atom. The van der Waals surface area contributed by atoms with Gasteiger partial charge in [0.05, 0.1) is 0 Å². The second-order valence-corrected chi connectivity index (χ2v) is 8.45. The van der Waals surface area contributed by atoms with Crippen molar-refractivity contribution in [3.8, 4) is 0 Å². The van der Waals surface area contributed by atoms with Crippen LogP contribution in [0.1, 0.15) is 55.6 Å². The average molecular weight is 389 g/mol.